The summed E-state index contributed by atoms with van der Waals surface area (Å²) in [5.74, 6) is 1.63. The van der Waals surface area contributed by atoms with Gasteiger partial charge >= 0.3 is 0 Å². The largest absolute Gasteiger partial charge is 0.348 e. The highest BCUT2D eigenvalue weighted by Gasteiger charge is 2.25. The topological polar surface area (TPSA) is 92.6 Å². The lowest BCUT2D eigenvalue weighted by atomic mass is 9.95. The molecule has 0 radical (unpaired) electrons. The highest BCUT2D eigenvalue weighted by molar-refractivity contribution is 5.79. The molecule has 128 valence electrons. The van der Waals surface area contributed by atoms with Crippen LogP contribution in [-0.4, -0.2) is 54.1 Å². The summed E-state index contributed by atoms with van der Waals surface area (Å²) in [4.78, 5) is 22.0. The summed E-state index contributed by atoms with van der Waals surface area (Å²) in [7, 11) is 0. The van der Waals surface area contributed by atoms with Gasteiger partial charge in [0.05, 0.1) is 12.1 Å². The number of benzene rings is 1. The quantitative estimate of drug-likeness (QED) is 0.775. The van der Waals surface area contributed by atoms with E-state index in [-0.39, 0.29) is 5.91 Å². The molecule has 4 rings (SSSR count). The molecule has 8 heteroatoms. The number of nitrogens with zero attached hydrogens (tertiary/aromatic N) is 6. The highest BCUT2D eigenvalue weighted by Crippen LogP contribution is 2.25. The Kier molecular flexibility index (Phi) is 4.24. The number of rotatable bonds is 4. The van der Waals surface area contributed by atoms with Gasteiger partial charge in [-0.15, -0.1) is 5.10 Å². The van der Waals surface area contributed by atoms with Crippen LogP contribution in [0.3, 0.4) is 0 Å². The second-order valence-electron chi connectivity index (χ2n) is 6.23. The Morgan fingerprint density at radius 3 is 2.64 bits per heavy atom. The maximum Gasteiger partial charge on any atom is 0.226 e. The minimum absolute atomic E-state index is 0.174. The lowest BCUT2D eigenvalue weighted by Crippen LogP contribution is -2.39. The minimum atomic E-state index is 0.174. The molecule has 1 aliphatic rings. The number of hydrogen-bond donors (Lipinski definition) is 1. The number of H-pyrrole nitrogens is 1. The number of carbonyl (C=O) groups excluding carboxylic acids is 1. The van der Waals surface area contributed by atoms with Crippen molar-refractivity contribution in [3.05, 3.63) is 54.4 Å². The molecule has 1 fully saturated rings. The van der Waals surface area contributed by atoms with Gasteiger partial charge in [-0.3, -0.25) is 4.79 Å². The third-order valence-corrected chi connectivity index (χ3v) is 4.66. The Bertz CT molecular complexity index is 803. The van der Waals surface area contributed by atoms with E-state index in [0.29, 0.717) is 12.3 Å². The summed E-state index contributed by atoms with van der Waals surface area (Å²) < 4.78 is 1.59. The summed E-state index contributed by atoms with van der Waals surface area (Å²) in [6.45, 7) is 1.57. The zero-order valence-corrected chi connectivity index (χ0v) is 13.7. The van der Waals surface area contributed by atoms with Gasteiger partial charge in [0.25, 0.3) is 0 Å². The summed E-state index contributed by atoms with van der Waals surface area (Å²) in [6.07, 6.45) is 7.51. The van der Waals surface area contributed by atoms with Gasteiger partial charge in [-0.25, -0.2) is 9.67 Å². The van der Waals surface area contributed by atoms with Gasteiger partial charge in [-0.1, -0.05) is 12.1 Å². The van der Waals surface area contributed by atoms with Gasteiger partial charge in [0.2, 0.25) is 5.91 Å². The number of piperidine rings is 1. The van der Waals surface area contributed by atoms with Crippen LogP contribution in [0, 0.1) is 0 Å². The lowest BCUT2D eigenvalue weighted by Gasteiger charge is -2.31. The Hall–Kier alpha value is -3.03. The number of likely N-dealkylation sites (tertiary alicyclic amines) is 1. The van der Waals surface area contributed by atoms with Gasteiger partial charge in [0.15, 0.2) is 0 Å². The van der Waals surface area contributed by atoms with Gasteiger partial charge < -0.3 is 9.88 Å². The molecule has 8 nitrogen and oxygen atoms in total. The highest BCUT2D eigenvalue weighted by atomic mass is 16.2. The van der Waals surface area contributed by atoms with E-state index < -0.39 is 0 Å². The van der Waals surface area contributed by atoms with Gasteiger partial charge in [0.1, 0.15) is 12.2 Å². The van der Waals surface area contributed by atoms with Gasteiger partial charge in [-0.05, 0) is 41.0 Å². The fourth-order valence-electron chi connectivity index (χ4n) is 3.24. The monoisotopic (exact) mass is 337 g/mol. The van der Waals surface area contributed by atoms with E-state index in [2.05, 4.69) is 25.5 Å². The first-order valence-corrected chi connectivity index (χ1v) is 8.39. The Morgan fingerprint density at radius 1 is 1.20 bits per heavy atom. The number of carbonyl (C=O) groups is 1. The van der Waals surface area contributed by atoms with Crippen LogP contribution in [0.4, 0.5) is 0 Å². The predicted molar refractivity (Wildman–Crippen MR) is 90.0 cm³/mol. The second-order valence-corrected chi connectivity index (χ2v) is 6.23. The van der Waals surface area contributed by atoms with Crippen molar-refractivity contribution in [1.29, 1.82) is 0 Å². The van der Waals surface area contributed by atoms with E-state index in [1.54, 1.807) is 17.2 Å². The maximum absolute atomic E-state index is 12.5. The number of amides is 1. The minimum Gasteiger partial charge on any atom is -0.348 e. The average Bonchev–Trinajstić information content (AvgIpc) is 3.36. The molecule has 3 aromatic rings. The van der Waals surface area contributed by atoms with Crippen LogP contribution in [0.1, 0.15) is 30.1 Å². The van der Waals surface area contributed by atoms with E-state index >= 15 is 0 Å². The van der Waals surface area contributed by atoms with Crippen molar-refractivity contribution in [2.75, 3.05) is 13.1 Å². The first-order chi connectivity index (χ1) is 12.3. The zero-order chi connectivity index (χ0) is 17.1. The first kappa shape index (κ1) is 15.5. The van der Waals surface area contributed by atoms with Crippen LogP contribution in [0.15, 0.2) is 43.0 Å². The van der Waals surface area contributed by atoms with E-state index in [9.17, 15) is 4.79 Å². The number of aromatic nitrogens is 6. The van der Waals surface area contributed by atoms with Crippen LogP contribution in [0.2, 0.25) is 0 Å². The molecule has 0 unspecified atom stereocenters. The fraction of sp³-hybridized carbons (Fsp3) is 0.353. The summed E-state index contributed by atoms with van der Waals surface area (Å²) in [6, 6.07) is 7.74. The molecule has 25 heavy (non-hydrogen) atoms. The lowest BCUT2D eigenvalue weighted by molar-refractivity contribution is -0.131. The van der Waals surface area contributed by atoms with Crippen molar-refractivity contribution in [2.24, 2.45) is 0 Å². The molecule has 1 saturated heterocycles. The normalized spacial score (nSPS) is 15.4. The van der Waals surface area contributed by atoms with E-state index in [1.165, 1.54) is 0 Å². The molecule has 1 aromatic carbocycles. The van der Waals surface area contributed by atoms with Crippen molar-refractivity contribution in [2.45, 2.75) is 25.2 Å². The zero-order valence-electron chi connectivity index (χ0n) is 13.7. The standard InChI is InChI=1S/C17H19N7O/c25-16(23-9-5-14(6-10-23)17-18-7-8-19-17)11-13-1-3-15(4-2-13)24-12-20-21-22-24/h1-4,7-8,12,14H,5-6,9-11H2,(H,18,19). The molecule has 3 heterocycles. The van der Waals surface area contributed by atoms with Crippen molar-refractivity contribution >= 4 is 5.91 Å². The summed E-state index contributed by atoms with van der Waals surface area (Å²) >= 11 is 0. The van der Waals surface area contributed by atoms with E-state index in [4.69, 9.17) is 0 Å². The molecule has 2 aromatic heterocycles. The van der Waals surface area contributed by atoms with Crippen LogP contribution >= 0.6 is 0 Å². The molecule has 1 aliphatic heterocycles. The Morgan fingerprint density at radius 2 is 2.00 bits per heavy atom. The van der Waals surface area contributed by atoms with Gasteiger partial charge in [-0.2, -0.15) is 0 Å². The average molecular weight is 337 g/mol. The molecule has 0 atom stereocenters. The predicted octanol–water partition coefficient (Wildman–Crippen LogP) is 1.33. The van der Waals surface area contributed by atoms with Crippen molar-refractivity contribution < 1.29 is 4.79 Å². The first-order valence-electron chi connectivity index (χ1n) is 8.39. The maximum atomic E-state index is 12.5. The Balaban J connectivity index is 1.33. The summed E-state index contributed by atoms with van der Waals surface area (Å²) in [5.41, 5.74) is 1.87. The molecule has 0 bridgehead atoms. The Labute approximate surface area is 144 Å². The van der Waals surface area contributed by atoms with E-state index in [0.717, 1.165) is 43.0 Å². The van der Waals surface area contributed by atoms with Crippen LogP contribution in [0.25, 0.3) is 5.69 Å². The molecule has 0 spiro atoms. The van der Waals surface area contributed by atoms with Gasteiger partial charge in [0, 0.05) is 31.4 Å². The molecule has 0 saturated carbocycles. The molecular formula is C17H19N7O. The van der Waals surface area contributed by atoms with Crippen LogP contribution < -0.4 is 0 Å². The fourth-order valence-corrected chi connectivity index (χ4v) is 3.24. The molecular weight excluding hydrogens is 318 g/mol. The summed E-state index contributed by atoms with van der Waals surface area (Å²) in [5, 5.41) is 11.1. The van der Waals surface area contributed by atoms with Crippen molar-refractivity contribution in [3.63, 3.8) is 0 Å². The van der Waals surface area contributed by atoms with E-state index in [1.807, 2.05) is 35.4 Å². The van der Waals surface area contributed by atoms with Crippen molar-refractivity contribution in [3.8, 4) is 5.69 Å². The molecule has 0 aliphatic carbocycles. The smallest absolute Gasteiger partial charge is 0.226 e. The van der Waals surface area contributed by atoms with Crippen LogP contribution in [-0.2, 0) is 11.2 Å². The molecule has 1 amide bonds. The van der Waals surface area contributed by atoms with Crippen molar-refractivity contribution in [1.82, 2.24) is 35.1 Å². The second kappa shape index (κ2) is 6.84. The van der Waals surface area contributed by atoms with Crippen LogP contribution in [0.5, 0.6) is 0 Å². The third-order valence-electron chi connectivity index (χ3n) is 4.66. The number of hydrogen-bond acceptors (Lipinski definition) is 5. The number of aromatic amines is 1. The number of tetrazole rings is 1. The number of nitrogens with one attached hydrogen (secondary N) is 1. The number of imidazole rings is 1. The molecule has 1 N–H and O–H groups in total. The third kappa shape index (κ3) is 3.42. The SMILES string of the molecule is O=C(Cc1ccc(-n2cnnn2)cc1)N1CCC(c2ncc[nH]2)CC1.